The maximum atomic E-state index is 2.18. The van der Waals surface area contributed by atoms with Crippen molar-refractivity contribution in [2.75, 3.05) is 0 Å². The van der Waals surface area contributed by atoms with Gasteiger partial charge in [-0.2, -0.15) is 0 Å². The third kappa shape index (κ3) is 2.06. The molecule has 0 unspecified atom stereocenters. The zero-order chi connectivity index (χ0) is 11.4. The van der Waals surface area contributed by atoms with Gasteiger partial charge in [0.15, 0.2) is 0 Å². The van der Waals surface area contributed by atoms with E-state index in [9.17, 15) is 0 Å². The lowest BCUT2D eigenvalue weighted by molar-refractivity contribution is 1.52. The van der Waals surface area contributed by atoms with Gasteiger partial charge in [0.25, 0.3) is 0 Å². The van der Waals surface area contributed by atoms with Crippen LogP contribution in [0.1, 0.15) is 19.4 Å². The molecule has 16 heavy (non-hydrogen) atoms. The van der Waals surface area contributed by atoms with Gasteiger partial charge in [0, 0.05) is 0 Å². The summed E-state index contributed by atoms with van der Waals surface area (Å²) in [6.45, 7) is 4.23. The zero-order valence-electron chi connectivity index (χ0n) is 9.77. The van der Waals surface area contributed by atoms with E-state index < -0.39 is 0 Å². The average molecular weight is 208 g/mol. The van der Waals surface area contributed by atoms with E-state index in [-0.39, 0.29) is 0 Å². The van der Waals surface area contributed by atoms with Crippen molar-refractivity contribution in [3.05, 3.63) is 66.2 Å². The first-order valence-electron chi connectivity index (χ1n) is 5.60. The van der Waals surface area contributed by atoms with Crippen LogP contribution in [0.3, 0.4) is 0 Å². The molecule has 0 saturated carbocycles. The van der Waals surface area contributed by atoms with E-state index in [1.165, 1.54) is 22.3 Å². The molecule has 0 spiro atoms. The molecule has 0 amide bonds. The Morgan fingerprint density at radius 1 is 0.875 bits per heavy atom. The second kappa shape index (κ2) is 4.80. The van der Waals surface area contributed by atoms with Gasteiger partial charge >= 0.3 is 0 Å². The monoisotopic (exact) mass is 208 g/mol. The maximum absolute atomic E-state index is 2.18. The standard InChI is InChI=1S/C16H16/c1-3-13(2)15-11-7-8-12-16(15)14-9-5-4-6-10-14/h3-12H,1-2H3/b13-3-. The Morgan fingerprint density at radius 2 is 1.50 bits per heavy atom. The molecular formula is C16H16. The number of allylic oxidation sites excluding steroid dienone is 2. The molecule has 0 nitrogen and oxygen atoms in total. The molecule has 0 aliphatic heterocycles. The normalized spacial score (nSPS) is 11.5. The van der Waals surface area contributed by atoms with Crippen molar-refractivity contribution in [1.82, 2.24) is 0 Å². The van der Waals surface area contributed by atoms with Crippen LogP contribution >= 0.6 is 0 Å². The third-order valence-corrected chi connectivity index (χ3v) is 2.87. The number of rotatable bonds is 2. The minimum absolute atomic E-state index is 1.28. The number of benzene rings is 2. The molecule has 80 valence electrons. The summed E-state index contributed by atoms with van der Waals surface area (Å²) in [6.07, 6.45) is 2.15. The van der Waals surface area contributed by atoms with E-state index in [0.29, 0.717) is 0 Å². The van der Waals surface area contributed by atoms with Crippen LogP contribution in [0.25, 0.3) is 16.7 Å². The van der Waals surface area contributed by atoms with Crippen LogP contribution in [0.15, 0.2) is 60.7 Å². The minimum Gasteiger partial charge on any atom is -0.0841 e. The summed E-state index contributed by atoms with van der Waals surface area (Å²) in [4.78, 5) is 0. The largest absolute Gasteiger partial charge is 0.0841 e. The fourth-order valence-corrected chi connectivity index (χ4v) is 1.85. The van der Waals surface area contributed by atoms with E-state index in [1.54, 1.807) is 0 Å². The smallest absolute Gasteiger partial charge is 0.0109 e. The van der Waals surface area contributed by atoms with Gasteiger partial charge in [-0.1, -0.05) is 60.7 Å². The number of hydrogen-bond donors (Lipinski definition) is 0. The molecule has 2 aromatic rings. The topological polar surface area (TPSA) is 0 Å². The SMILES string of the molecule is C/C=C(/C)c1ccccc1-c1ccccc1. The average Bonchev–Trinajstić information content (AvgIpc) is 2.39. The molecule has 0 heteroatoms. The molecule has 0 bridgehead atoms. The van der Waals surface area contributed by atoms with Gasteiger partial charge in [-0.25, -0.2) is 0 Å². The zero-order valence-corrected chi connectivity index (χ0v) is 9.77. The van der Waals surface area contributed by atoms with Gasteiger partial charge in [-0.15, -0.1) is 0 Å². The summed E-state index contributed by atoms with van der Waals surface area (Å²) in [6, 6.07) is 19.1. The molecule has 0 aromatic heterocycles. The van der Waals surface area contributed by atoms with E-state index in [4.69, 9.17) is 0 Å². The molecule has 2 rings (SSSR count). The van der Waals surface area contributed by atoms with Crippen molar-refractivity contribution in [2.24, 2.45) is 0 Å². The highest BCUT2D eigenvalue weighted by atomic mass is 14.1. The first-order valence-corrected chi connectivity index (χ1v) is 5.60. The quantitative estimate of drug-likeness (QED) is 0.666. The molecule has 0 saturated heterocycles. The van der Waals surface area contributed by atoms with Crippen molar-refractivity contribution in [3.8, 4) is 11.1 Å². The molecular weight excluding hydrogens is 192 g/mol. The Balaban J connectivity index is 2.58. The molecule has 2 aromatic carbocycles. The lowest BCUT2D eigenvalue weighted by Gasteiger charge is -2.09. The third-order valence-electron chi connectivity index (χ3n) is 2.87. The van der Waals surface area contributed by atoms with Crippen LogP contribution in [0.5, 0.6) is 0 Å². The van der Waals surface area contributed by atoms with Gasteiger partial charge < -0.3 is 0 Å². The maximum Gasteiger partial charge on any atom is -0.0109 e. The Hall–Kier alpha value is -1.82. The van der Waals surface area contributed by atoms with Gasteiger partial charge in [0.05, 0.1) is 0 Å². The van der Waals surface area contributed by atoms with E-state index in [0.717, 1.165) is 0 Å². The molecule has 0 heterocycles. The lowest BCUT2D eigenvalue weighted by atomic mass is 9.95. The summed E-state index contributed by atoms with van der Waals surface area (Å²) >= 11 is 0. The lowest BCUT2D eigenvalue weighted by Crippen LogP contribution is -1.86. The van der Waals surface area contributed by atoms with Gasteiger partial charge in [0.2, 0.25) is 0 Å². The van der Waals surface area contributed by atoms with Crippen molar-refractivity contribution < 1.29 is 0 Å². The fraction of sp³-hybridized carbons (Fsp3) is 0.125. The molecule has 0 aliphatic carbocycles. The van der Waals surface area contributed by atoms with E-state index >= 15 is 0 Å². The van der Waals surface area contributed by atoms with E-state index in [2.05, 4.69) is 74.5 Å². The number of hydrogen-bond acceptors (Lipinski definition) is 0. The first-order chi connectivity index (χ1) is 7.83. The Morgan fingerprint density at radius 3 is 2.19 bits per heavy atom. The minimum atomic E-state index is 1.28. The Labute approximate surface area is 97.3 Å². The molecule has 0 N–H and O–H groups in total. The predicted molar refractivity (Wildman–Crippen MR) is 71.2 cm³/mol. The van der Waals surface area contributed by atoms with Crippen molar-refractivity contribution in [3.63, 3.8) is 0 Å². The molecule has 0 radical (unpaired) electrons. The van der Waals surface area contributed by atoms with Gasteiger partial charge in [-0.05, 0) is 36.1 Å². The van der Waals surface area contributed by atoms with Crippen LogP contribution in [-0.2, 0) is 0 Å². The predicted octanol–water partition coefficient (Wildman–Crippen LogP) is 4.78. The second-order valence-electron chi connectivity index (χ2n) is 3.88. The summed E-state index contributed by atoms with van der Waals surface area (Å²) in [5.41, 5.74) is 5.22. The van der Waals surface area contributed by atoms with Crippen LogP contribution in [0.4, 0.5) is 0 Å². The molecule has 0 aliphatic rings. The Bertz CT molecular complexity index is 492. The Kier molecular flexibility index (Phi) is 3.21. The summed E-state index contributed by atoms with van der Waals surface area (Å²) < 4.78 is 0. The summed E-state index contributed by atoms with van der Waals surface area (Å²) in [7, 11) is 0. The van der Waals surface area contributed by atoms with Crippen molar-refractivity contribution in [2.45, 2.75) is 13.8 Å². The highest BCUT2D eigenvalue weighted by Crippen LogP contribution is 2.28. The first kappa shape index (κ1) is 10.7. The second-order valence-corrected chi connectivity index (χ2v) is 3.88. The van der Waals surface area contributed by atoms with Crippen molar-refractivity contribution >= 4 is 5.57 Å². The molecule has 0 fully saturated rings. The van der Waals surface area contributed by atoms with Gasteiger partial charge in [-0.3, -0.25) is 0 Å². The van der Waals surface area contributed by atoms with Crippen molar-refractivity contribution in [1.29, 1.82) is 0 Å². The highest BCUT2D eigenvalue weighted by Gasteiger charge is 2.04. The van der Waals surface area contributed by atoms with Crippen LogP contribution in [0.2, 0.25) is 0 Å². The molecule has 0 atom stereocenters. The summed E-state index contributed by atoms with van der Waals surface area (Å²) in [5.74, 6) is 0. The van der Waals surface area contributed by atoms with E-state index in [1.807, 2.05) is 0 Å². The van der Waals surface area contributed by atoms with Crippen LogP contribution in [0, 0.1) is 0 Å². The van der Waals surface area contributed by atoms with Crippen LogP contribution < -0.4 is 0 Å². The van der Waals surface area contributed by atoms with Crippen LogP contribution in [-0.4, -0.2) is 0 Å². The highest BCUT2D eigenvalue weighted by molar-refractivity contribution is 5.80. The fourth-order valence-electron chi connectivity index (χ4n) is 1.85. The summed E-state index contributed by atoms with van der Waals surface area (Å²) in [5, 5.41) is 0. The van der Waals surface area contributed by atoms with Gasteiger partial charge in [0.1, 0.15) is 0 Å².